The van der Waals surface area contributed by atoms with Gasteiger partial charge < -0.3 is 11.1 Å². The standard InChI is InChI=1S/C12H18N4O2S3/c13-9(17)6-19-11-15-16-12(21-11)20-7-10(18)14-8-4-2-1-3-5-8/h8H,1-7H2,(H2,13,17)(H,14,18). The summed E-state index contributed by atoms with van der Waals surface area (Å²) >= 11 is 4.02. The van der Waals surface area contributed by atoms with E-state index < -0.39 is 0 Å². The highest BCUT2D eigenvalue weighted by atomic mass is 32.2. The second-order valence-electron chi connectivity index (χ2n) is 4.78. The monoisotopic (exact) mass is 346 g/mol. The Bertz CT molecular complexity index is 489. The lowest BCUT2D eigenvalue weighted by molar-refractivity contribution is -0.119. The third-order valence-corrected chi connectivity index (χ3v) is 6.24. The molecule has 0 aromatic carbocycles. The van der Waals surface area contributed by atoms with Crippen molar-refractivity contribution in [1.29, 1.82) is 0 Å². The van der Waals surface area contributed by atoms with Crippen molar-refractivity contribution in [3.63, 3.8) is 0 Å². The summed E-state index contributed by atoms with van der Waals surface area (Å²) in [6, 6.07) is 0.336. The number of thioether (sulfide) groups is 2. The van der Waals surface area contributed by atoms with Crippen LogP contribution in [0.1, 0.15) is 32.1 Å². The van der Waals surface area contributed by atoms with Gasteiger partial charge in [0, 0.05) is 6.04 Å². The van der Waals surface area contributed by atoms with Crippen molar-refractivity contribution in [2.45, 2.75) is 46.8 Å². The van der Waals surface area contributed by atoms with Gasteiger partial charge in [0.1, 0.15) is 0 Å². The van der Waals surface area contributed by atoms with E-state index in [-0.39, 0.29) is 17.6 Å². The average molecular weight is 347 g/mol. The van der Waals surface area contributed by atoms with Gasteiger partial charge in [0.15, 0.2) is 8.68 Å². The fraction of sp³-hybridized carbons (Fsp3) is 0.667. The summed E-state index contributed by atoms with van der Waals surface area (Å²) in [5.74, 6) is 0.220. The van der Waals surface area contributed by atoms with Crippen molar-refractivity contribution in [3.8, 4) is 0 Å². The van der Waals surface area contributed by atoms with Crippen molar-refractivity contribution in [3.05, 3.63) is 0 Å². The van der Waals surface area contributed by atoms with Crippen molar-refractivity contribution in [2.24, 2.45) is 5.73 Å². The van der Waals surface area contributed by atoms with Gasteiger partial charge in [-0.05, 0) is 12.8 Å². The number of carbonyl (C=O) groups is 2. The van der Waals surface area contributed by atoms with Crippen LogP contribution in [-0.4, -0.2) is 39.6 Å². The molecule has 116 valence electrons. The number of hydrogen-bond donors (Lipinski definition) is 2. The summed E-state index contributed by atoms with van der Waals surface area (Å²) in [7, 11) is 0. The maximum absolute atomic E-state index is 11.9. The Balaban J connectivity index is 1.69. The molecule has 1 fully saturated rings. The Morgan fingerprint density at radius 2 is 1.76 bits per heavy atom. The highest BCUT2D eigenvalue weighted by Crippen LogP contribution is 2.28. The molecule has 0 unspecified atom stereocenters. The lowest BCUT2D eigenvalue weighted by Crippen LogP contribution is -2.37. The van der Waals surface area contributed by atoms with E-state index in [4.69, 9.17) is 5.73 Å². The Morgan fingerprint density at radius 3 is 2.38 bits per heavy atom. The van der Waals surface area contributed by atoms with E-state index in [1.807, 2.05) is 0 Å². The maximum Gasteiger partial charge on any atom is 0.230 e. The Labute approximate surface area is 136 Å². The molecule has 0 atom stereocenters. The predicted octanol–water partition coefficient (Wildman–Crippen LogP) is 1.66. The average Bonchev–Trinajstić information content (AvgIpc) is 2.92. The fourth-order valence-corrected chi connectivity index (χ4v) is 4.66. The largest absolute Gasteiger partial charge is 0.369 e. The van der Waals surface area contributed by atoms with Crippen LogP contribution >= 0.6 is 34.9 Å². The Morgan fingerprint density at radius 1 is 1.14 bits per heavy atom. The summed E-state index contributed by atoms with van der Waals surface area (Å²) < 4.78 is 1.43. The Hall–Kier alpha value is -0.800. The van der Waals surface area contributed by atoms with E-state index in [0.717, 1.165) is 17.2 Å². The van der Waals surface area contributed by atoms with Gasteiger partial charge in [-0.3, -0.25) is 9.59 Å². The molecule has 0 radical (unpaired) electrons. The molecular weight excluding hydrogens is 328 g/mol. The molecule has 0 spiro atoms. The molecule has 0 aliphatic heterocycles. The first-order chi connectivity index (χ1) is 10.1. The third-order valence-electron chi connectivity index (χ3n) is 3.02. The highest BCUT2D eigenvalue weighted by Gasteiger charge is 2.16. The lowest BCUT2D eigenvalue weighted by atomic mass is 9.95. The normalized spacial score (nSPS) is 15.8. The highest BCUT2D eigenvalue weighted by molar-refractivity contribution is 8.03. The molecule has 1 aromatic heterocycles. The number of aromatic nitrogens is 2. The SMILES string of the molecule is NC(=O)CSc1nnc(SCC(=O)NC2CCCCC2)s1. The van der Waals surface area contributed by atoms with Crippen molar-refractivity contribution < 1.29 is 9.59 Å². The zero-order valence-electron chi connectivity index (χ0n) is 11.5. The van der Waals surface area contributed by atoms with E-state index in [1.54, 1.807) is 0 Å². The topological polar surface area (TPSA) is 98.0 Å². The molecule has 3 N–H and O–H groups in total. The van der Waals surface area contributed by atoms with Crippen molar-refractivity contribution >= 4 is 46.7 Å². The van der Waals surface area contributed by atoms with E-state index in [2.05, 4.69) is 15.5 Å². The number of nitrogens with two attached hydrogens (primary N) is 1. The van der Waals surface area contributed by atoms with Gasteiger partial charge in [-0.1, -0.05) is 54.1 Å². The number of primary amides is 1. The van der Waals surface area contributed by atoms with Gasteiger partial charge in [-0.15, -0.1) is 10.2 Å². The minimum Gasteiger partial charge on any atom is -0.369 e. The molecule has 1 aromatic rings. The minimum atomic E-state index is -0.378. The Kier molecular flexibility index (Phi) is 6.78. The van der Waals surface area contributed by atoms with Gasteiger partial charge in [0.25, 0.3) is 0 Å². The molecule has 2 rings (SSSR count). The summed E-state index contributed by atoms with van der Waals surface area (Å²) in [6.07, 6.45) is 5.85. The smallest absolute Gasteiger partial charge is 0.230 e. The van der Waals surface area contributed by atoms with Crippen molar-refractivity contribution in [1.82, 2.24) is 15.5 Å². The van der Waals surface area contributed by atoms with E-state index in [9.17, 15) is 9.59 Å². The number of amides is 2. The van der Waals surface area contributed by atoms with Crippen LogP contribution in [0, 0.1) is 0 Å². The molecule has 6 nitrogen and oxygen atoms in total. The first kappa shape index (κ1) is 16.6. The van der Waals surface area contributed by atoms with Gasteiger partial charge in [0.2, 0.25) is 11.8 Å². The van der Waals surface area contributed by atoms with Gasteiger partial charge in [-0.2, -0.15) is 0 Å². The summed E-state index contributed by atoms with van der Waals surface area (Å²) in [4.78, 5) is 22.5. The number of nitrogens with zero attached hydrogens (tertiary/aromatic N) is 2. The molecule has 21 heavy (non-hydrogen) atoms. The van der Waals surface area contributed by atoms with E-state index in [0.29, 0.717) is 16.1 Å². The molecule has 0 saturated heterocycles. The molecule has 0 bridgehead atoms. The van der Waals surface area contributed by atoms with E-state index in [1.165, 1.54) is 54.1 Å². The molecule has 1 saturated carbocycles. The lowest BCUT2D eigenvalue weighted by Gasteiger charge is -2.22. The van der Waals surface area contributed by atoms with Crippen LogP contribution in [0.3, 0.4) is 0 Å². The number of carbonyl (C=O) groups excluding carboxylic acids is 2. The van der Waals surface area contributed by atoms with Crippen LogP contribution in [0.4, 0.5) is 0 Å². The molecule has 1 aliphatic rings. The van der Waals surface area contributed by atoms with Crippen LogP contribution in [0.25, 0.3) is 0 Å². The van der Waals surface area contributed by atoms with Gasteiger partial charge >= 0.3 is 0 Å². The first-order valence-electron chi connectivity index (χ1n) is 6.80. The van der Waals surface area contributed by atoms with Crippen LogP contribution in [0.5, 0.6) is 0 Å². The molecular formula is C12H18N4O2S3. The van der Waals surface area contributed by atoms with Crippen LogP contribution < -0.4 is 11.1 Å². The molecule has 9 heteroatoms. The first-order valence-corrected chi connectivity index (χ1v) is 9.59. The number of hydrogen-bond acceptors (Lipinski definition) is 7. The van der Waals surface area contributed by atoms with Gasteiger partial charge in [-0.25, -0.2) is 0 Å². The number of rotatable bonds is 7. The second kappa shape index (κ2) is 8.60. The zero-order valence-corrected chi connectivity index (χ0v) is 14.0. The maximum atomic E-state index is 11.9. The molecule has 2 amide bonds. The summed E-state index contributed by atoms with van der Waals surface area (Å²) in [5, 5.41) is 11.0. The van der Waals surface area contributed by atoms with Crippen LogP contribution in [0.15, 0.2) is 8.68 Å². The third kappa shape index (κ3) is 6.23. The van der Waals surface area contributed by atoms with Crippen molar-refractivity contribution in [2.75, 3.05) is 11.5 Å². The predicted molar refractivity (Wildman–Crippen MR) is 85.6 cm³/mol. The minimum absolute atomic E-state index is 0.0495. The summed E-state index contributed by atoms with van der Waals surface area (Å²) in [5.41, 5.74) is 5.07. The fourth-order valence-electron chi connectivity index (χ4n) is 2.09. The van der Waals surface area contributed by atoms with Crippen LogP contribution in [-0.2, 0) is 9.59 Å². The number of nitrogens with one attached hydrogen (secondary N) is 1. The molecule has 1 heterocycles. The summed E-state index contributed by atoms with van der Waals surface area (Å²) in [6.45, 7) is 0. The second-order valence-corrected chi connectivity index (χ2v) is 8.20. The molecule has 1 aliphatic carbocycles. The van der Waals surface area contributed by atoms with E-state index >= 15 is 0 Å². The van der Waals surface area contributed by atoms with Gasteiger partial charge in [0.05, 0.1) is 11.5 Å². The zero-order chi connectivity index (χ0) is 15.1. The quantitative estimate of drug-likeness (QED) is 0.729. The van der Waals surface area contributed by atoms with Crippen LogP contribution in [0.2, 0.25) is 0 Å².